The largest absolute Gasteiger partial charge is 0.346 e. The van der Waals surface area contributed by atoms with E-state index in [-0.39, 0.29) is 6.04 Å². The number of hydrogen-bond donors (Lipinski definition) is 0. The lowest BCUT2D eigenvalue weighted by Crippen LogP contribution is -2.26. The third kappa shape index (κ3) is 3.14. The molecule has 0 saturated carbocycles. The fourth-order valence-corrected chi connectivity index (χ4v) is 4.21. The number of imidazole rings is 1. The van der Waals surface area contributed by atoms with Gasteiger partial charge < -0.3 is 9.47 Å². The summed E-state index contributed by atoms with van der Waals surface area (Å²) in [6, 6.07) is 14.6. The molecule has 0 spiro atoms. The van der Waals surface area contributed by atoms with E-state index in [2.05, 4.69) is 52.7 Å². The Balaban J connectivity index is 1.58. The average molecular weight is 384 g/mol. The molecule has 1 aliphatic rings. The van der Waals surface area contributed by atoms with Crippen LogP contribution in [-0.4, -0.2) is 31.0 Å². The highest BCUT2D eigenvalue weighted by atomic mass is 15.3. The van der Waals surface area contributed by atoms with Gasteiger partial charge in [0.25, 0.3) is 0 Å². The zero-order valence-electron chi connectivity index (χ0n) is 16.8. The van der Waals surface area contributed by atoms with E-state index in [1.807, 2.05) is 18.2 Å². The highest BCUT2D eigenvalue weighted by molar-refractivity contribution is 5.76. The summed E-state index contributed by atoms with van der Waals surface area (Å²) >= 11 is 0. The fraction of sp³-hybridized carbons (Fsp3) is 0.304. The maximum Gasteiger partial charge on any atom is 0.161 e. The van der Waals surface area contributed by atoms with Crippen LogP contribution in [0.1, 0.15) is 37.3 Å². The van der Waals surface area contributed by atoms with Gasteiger partial charge in [-0.1, -0.05) is 19.1 Å². The van der Waals surface area contributed by atoms with E-state index < -0.39 is 0 Å². The molecule has 1 saturated heterocycles. The molecule has 1 atom stereocenters. The molecular weight excluding hydrogens is 360 g/mol. The lowest BCUT2D eigenvalue weighted by Gasteiger charge is -2.26. The zero-order valence-corrected chi connectivity index (χ0v) is 16.8. The van der Waals surface area contributed by atoms with Crippen molar-refractivity contribution in [2.75, 3.05) is 11.4 Å². The first-order chi connectivity index (χ1) is 14.2. The smallest absolute Gasteiger partial charge is 0.161 e. The highest BCUT2D eigenvalue weighted by Crippen LogP contribution is 2.36. The number of hydrogen-bond acceptors (Lipinski definition) is 5. The Morgan fingerprint density at radius 2 is 1.86 bits per heavy atom. The number of nitrogens with zero attached hydrogens (tertiary/aromatic N) is 6. The van der Waals surface area contributed by atoms with Gasteiger partial charge in [0.15, 0.2) is 5.82 Å². The molecule has 0 amide bonds. The normalized spacial score (nSPS) is 16.6. The van der Waals surface area contributed by atoms with Crippen LogP contribution in [0.2, 0.25) is 0 Å². The standard InChI is InChI=1S/C23H24N6/c1-3-17-15-21(27-22(25-17)16-10-12-24-13-11-16)29-14-6-9-20(29)23-26-18-7-4-5-8-19(18)28(23)2/h4-5,7-8,10-13,15,20H,3,6,9,14H2,1-2H3. The predicted molar refractivity (Wildman–Crippen MR) is 115 cm³/mol. The summed E-state index contributed by atoms with van der Waals surface area (Å²) in [5.74, 6) is 2.85. The fourth-order valence-electron chi connectivity index (χ4n) is 4.21. The van der Waals surface area contributed by atoms with E-state index >= 15 is 0 Å². The van der Waals surface area contributed by atoms with Crippen molar-refractivity contribution in [1.29, 1.82) is 0 Å². The third-order valence-corrected chi connectivity index (χ3v) is 5.73. The van der Waals surface area contributed by atoms with Crippen molar-refractivity contribution >= 4 is 16.9 Å². The molecule has 0 N–H and O–H groups in total. The molecule has 3 aromatic heterocycles. The van der Waals surface area contributed by atoms with Crippen molar-refractivity contribution in [1.82, 2.24) is 24.5 Å². The van der Waals surface area contributed by atoms with Crippen LogP contribution in [0.25, 0.3) is 22.4 Å². The topological polar surface area (TPSA) is 59.7 Å². The van der Waals surface area contributed by atoms with Gasteiger partial charge in [-0.25, -0.2) is 15.0 Å². The Hall–Kier alpha value is -3.28. The van der Waals surface area contributed by atoms with Gasteiger partial charge in [0.1, 0.15) is 11.6 Å². The van der Waals surface area contributed by atoms with E-state index in [4.69, 9.17) is 15.0 Å². The number of fused-ring (bicyclic) bond motifs is 1. The Morgan fingerprint density at radius 1 is 1.03 bits per heavy atom. The van der Waals surface area contributed by atoms with Crippen LogP contribution in [0, 0.1) is 0 Å². The molecule has 0 radical (unpaired) electrons. The minimum atomic E-state index is 0.220. The molecule has 6 nitrogen and oxygen atoms in total. The lowest BCUT2D eigenvalue weighted by molar-refractivity contribution is 0.633. The summed E-state index contributed by atoms with van der Waals surface area (Å²) in [5.41, 5.74) is 4.27. The van der Waals surface area contributed by atoms with Crippen LogP contribution in [0.15, 0.2) is 54.9 Å². The second kappa shape index (κ2) is 7.28. The highest BCUT2D eigenvalue weighted by Gasteiger charge is 2.31. The number of benzene rings is 1. The number of rotatable bonds is 4. The van der Waals surface area contributed by atoms with Crippen LogP contribution in [0.4, 0.5) is 5.82 Å². The van der Waals surface area contributed by atoms with Gasteiger partial charge in [-0.05, 0) is 43.5 Å². The summed E-state index contributed by atoms with van der Waals surface area (Å²) < 4.78 is 2.23. The summed E-state index contributed by atoms with van der Waals surface area (Å²) in [6.45, 7) is 3.11. The van der Waals surface area contributed by atoms with Gasteiger partial charge in [0, 0.05) is 43.3 Å². The molecule has 146 valence electrons. The maximum atomic E-state index is 4.96. The Kier molecular flexibility index (Phi) is 4.46. The van der Waals surface area contributed by atoms with Crippen molar-refractivity contribution in [2.24, 2.45) is 7.05 Å². The van der Waals surface area contributed by atoms with Crippen LogP contribution in [-0.2, 0) is 13.5 Å². The molecule has 4 heterocycles. The van der Waals surface area contributed by atoms with Crippen molar-refractivity contribution in [3.63, 3.8) is 0 Å². The third-order valence-electron chi connectivity index (χ3n) is 5.73. The second-order valence-corrected chi connectivity index (χ2v) is 7.50. The Labute approximate surface area is 170 Å². The summed E-state index contributed by atoms with van der Waals surface area (Å²) in [6.07, 6.45) is 6.65. The SMILES string of the molecule is CCc1cc(N2CCCC2c2nc3ccccc3n2C)nc(-c2ccncc2)n1. The number of aryl methyl sites for hydroxylation is 2. The molecule has 0 aliphatic carbocycles. The minimum absolute atomic E-state index is 0.220. The van der Waals surface area contributed by atoms with E-state index in [1.54, 1.807) is 12.4 Å². The summed E-state index contributed by atoms with van der Waals surface area (Å²) in [4.78, 5) is 21.2. The number of para-hydroxylation sites is 2. The van der Waals surface area contributed by atoms with Crippen molar-refractivity contribution in [3.05, 3.63) is 66.4 Å². The molecule has 1 unspecified atom stereocenters. The van der Waals surface area contributed by atoms with Gasteiger partial charge in [-0.15, -0.1) is 0 Å². The molecular formula is C23H24N6. The Morgan fingerprint density at radius 3 is 2.66 bits per heavy atom. The molecule has 6 heteroatoms. The zero-order chi connectivity index (χ0) is 19.8. The van der Waals surface area contributed by atoms with Gasteiger partial charge in [-0.2, -0.15) is 0 Å². The van der Waals surface area contributed by atoms with Crippen molar-refractivity contribution in [3.8, 4) is 11.4 Å². The first-order valence-electron chi connectivity index (χ1n) is 10.2. The van der Waals surface area contributed by atoms with Gasteiger partial charge in [0.05, 0.1) is 17.1 Å². The number of pyridine rings is 1. The molecule has 4 aromatic rings. The minimum Gasteiger partial charge on any atom is -0.346 e. The molecule has 29 heavy (non-hydrogen) atoms. The van der Waals surface area contributed by atoms with Gasteiger partial charge in [-0.3, -0.25) is 4.98 Å². The van der Waals surface area contributed by atoms with E-state index in [0.717, 1.165) is 60.0 Å². The molecule has 1 aromatic carbocycles. The van der Waals surface area contributed by atoms with Crippen LogP contribution in [0.3, 0.4) is 0 Å². The number of anilines is 1. The quantitative estimate of drug-likeness (QED) is 0.524. The monoisotopic (exact) mass is 384 g/mol. The second-order valence-electron chi connectivity index (χ2n) is 7.50. The first kappa shape index (κ1) is 17.8. The van der Waals surface area contributed by atoms with Crippen LogP contribution in [0.5, 0.6) is 0 Å². The molecule has 0 bridgehead atoms. The lowest BCUT2D eigenvalue weighted by atomic mass is 10.2. The van der Waals surface area contributed by atoms with E-state index in [9.17, 15) is 0 Å². The first-order valence-corrected chi connectivity index (χ1v) is 10.2. The van der Waals surface area contributed by atoms with Crippen molar-refractivity contribution < 1.29 is 0 Å². The van der Waals surface area contributed by atoms with Gasteiger partial charge >= 0.3 is 0 Å². The average Bonchev–Trinajstić information content (AvgIpc) is 3.39. The molecule has 5 rings (SSSR count). The summed E-state index contributed by atoms with van der Waals surface area (Å²) in [5, 5.41) is 0. The van der Waals surface area contributed by atoms with Crippen LogP contribution >= 0.6 is 0 Å². The van der Waals surface area contributed by atoms with E-state index in [1.165, 1.54) is 5.52 Å². The number of aromatic nitrogens is 5. The predicted octanol–water partition coefficient (Wildman–Crippen LogP) is 4.33. The van der Waals surface area contributed by atoms with Crippen LogP contribution < -0.4 is 4.90 Å². The molecule has 1 fully saturated rings. The van der Waals surface area contributed by atoms with Crippen molar-refractivity contribution in [2.45, 2.75) is 32.2 Å². The molecule has 1 aliphatic heterocycles. The van der Waals surface area contributed by atoms with E-state index in [0.29, 0.717) is 0 Å². The Bertz CT molecular complexity index is 1150. The maximum absolute atomic E-state index is 4.96. The van der Waals surface area contributed by atoms with Gasteiger partial charge in [0.2, 0.25) is 0 Å². The summed E-state index contributed by atoms with van der Waals surface area (Å²) in [7, 11) is 2.11.